The van der Waals surface area contributed by atoms with E-state index in [4.69, 9.17) is 15.1 Å². The SMILES string of the molecule is Cc1cc2c3cnc(Nc4ccc5c(n4)CCN(C(=O)CO)C5)nc3n(C3CCC(C)CC3)c2cn1. The van der Waals surface area contributed by atoms with Gasteiger partial charge in [-0.3, -0.25) is 9.78 Å². The standard InChI is InChI=1S/C27H31N7O2/c1-16-3-6-19(7-4-16)34-23-13-28-17(2)11-20(23)21-12-29-27(32-26(21)34)31-24-8-5-18-14-33(25(36)15-35)10-9-22(18)30-24/h5,8,11-13,16,19,35H,3-4,6-7,9-10,14-15H2,1-2H3,(H,29,30,31,32). The van der Waals surface area contributed by atoms with Crippen LogP contribution in [0.5, 0.6) is 0 Å². The van der Waals surface area contributed by atoms with E-state index < -0.39 is 6.61 Å². The second-order valence-corrected chi connectivity index (χ2v) is 10.2. The summed E-state index contributed by atoms with van der Waals surface area (Å²) in [5, 5.41) is 14.7. The third-order valence-corrected chi connectivity index (χ3v) is 7.69. The zero-order valence-corrected chi connectivity index (χ0v) is 20.7. The van der Waals surface area contributed by atoms with E-state index in [-0.39, 0.29) is 5.91 Å². The number of hydrogen-bond donors (Lipinski definition) is 2. The molecule has 0 unspecified atom stereocenters. The minimum absolute atomic E-state index is 0.252. The maximum atomic E-state index is 11.9. The first-order valence-corrected chi connectivity index (χ1v) is 12.8. The summed E-state index contributed by atoms with van der Waals surface area (Å²) in [5.41, 5.74) is 4.99. The van der Waals surface area contributed by atoms with Crippen LogP contribution in [0, 0.1) is 12.8 Å². The highest BCUT2D eigenvalue weighted by Gasteiger charge is 2.25. The molecule has 0 bridgehead atoms. The zero-order valence-electron chi connectivity index (χ0n) is 20.7. The van der Waals surface area contributed by atoms with E-state index in [1.54, 1.807) is 4.90 Å². The molecule has 4 aromatic rings. The first-order chi connectivity index (χ1) is 17.5. The smallest absolute Gasteiger partial charge is 0.248 e. The highest BCUT2D eigenvalue weighted by Crippen LogP contribution is 2.38. The van der Waals surface area contributed by atoms with Crippen molar-refractivity contribution in [2.24, 2.45) is 5.92 Å². The Hall–Kier alpha value is -3.59. The number of carbonyl (C=O) groups excluding carboxylic acids is 1. The normalized spacial score (nSPS) is 20.0. The van der Waals surface area contributed by atoms with Crippen LogP contribution in [-0.4, -0.2) is 53.6 Å². The van der Waals surface area contributed by atoms with Gasteiger partial charge in [-0.25, -0.2) is 9.97 Å². The van der Waals surface area contributed by atoms with Crippen LogP contribution in [-0.2, 0) is 17.8 Å². The maximum Gasteiger partial charge on any atom is 0.248 e. The third kappa shape index (κ3) is 4.07. The van der Waals surface area contributed by atoms with Crippen LogP contribution in [0.25, 0.3) is 21.9 Å². The quantitative estimate of drug-likeness (QED) is 0.449. The zero-order chi connectivity index (χ0) is 24.8. The number of aliphatic hydroxyl groups is 1. The lowest BCUT2D eigenvalue weighted by atomic mass is 9.87. The van der Waals surface area contributed by atoms with Gasteiger partial charge in [-0.1, -0.05) is 13.0 Å². The monoisotopic (exact) mass is 485 g/mol. The van der Waals surface area contributed by atoms with Crippen molar-refractivity contribution in [1.82, 2.24) is 29.4 Å². The molecule has 4 aromatic heterocycles. The topological polar surface area (TPSA) is 109 Å². The number of carbonyl (C=O) groups is 1. The van der Waals surface area contributed by atoms with Gasteiger partial charge in [-0.2, -0.15) is 4.98 Å². The number of nitrogens with one attached hydrogen (secondary N) is 1. The van der Waals surface area contributed by atoms with E-state index in [0.717, 1.165) is 57.6 Å². The van der Waals surface area contributed by atoms with Crippen molar-refractivity contribution in [3.8, 4) is 0 Å². The highest BCUT2D eigenvalue weighted by atomic mass is 16.3. The first kappa shape index (κ1) is 22.8. The molecule has 1 aliphatic heterocycles. The summed E-state index contributed by atoms with van der Waals surface area (Å²) in [5.74, 6) is 1.71. The van der Waals surface area contributed by atoms with E-state index >= 15 is 0 Å². The van der Waals surface area contributed by atoms with E-state index in [2.05, 4.69) is 32.8 Å². The largest absolute Gasteiger partial charge is 0.387 e. The second-order valence-electron chi connectivity index (χ2n) is 10.2. The molecule has 0 atom stereocenters. The number of aryl methyl sites for hydroxylation is 1. The van der Waals surface area contributed by atoms with Crippen LogP contribution in [0.15, 0.2) is 30.6 Å². The Labute approximate surface area is 209 Å². The summed E-state index contributed by atoms with van der Waals surface area (Å²) < 4.78 is 2.38. The number of nitrogens with zero attached hydrogens (tertiary/aromatic N) is 6. The van der Waals surface area contributed by atoms with Gasteiger partial charge in [0.15, 0.2) is 0 Å². The molecule has 1 aliphatic carbocycles. The number of anilines is 2. The van der Waals surface area contributed by atoms with E-state index in [9.17, 15) is 4.79 Å². The lowest BCUT2D eigenvalue weighted by Gasteiger charge is -2.28. The van der Waals surface area contributed by atoms with Gasteiger partial charge in [0.2, 0.25) is 11.9 Å². The van der Waals surface area contributed by atoms with Gasteiger partial charge in [0.1, 0.15) is 18.1 Å². The Morgan fingerprint density at radius 1 is 1.11 bits per heavy atom. The Morgan fingerprint density at radius 3 is 2.75 bits per heavy atom. The number of fused-ring (bicyclic) bond motifs is 4. The Kier molecular flexibility index (Phi) is 5.79. The van der Waals surface area contributed by atoms with Gasteiger partial charge in [-0.05, 0) is 56.2 Å². The van der Waals surface area contributed by atoms with E-state index in [1.807, 2.05) is 31.5 Å². The fourth-order valence-corrected chi connectivity index (χ4v) is 5.66. The summed E-state index contributed by atoms with van der Waals surface area (Å²) in [4.78, 5) is 32.5. The highest BCUT2D eigenvalue weighted by molar-refractivity contribution is 6.06. The summed E-state index contributed by atoms with van der Waals surface area (Å²) >= 11 is 0. The van der Waals surface area contributed by atoms with Crippen LogP contribution in [0.1, 0.15) is 55.6 Å². The predicted octanol–water partition coefficient (Wildman–Crippen LogP) is 4.05. The molecular formula is C27H31N7O2. The molecule has 0 radical (unpaired) electrons. The van der Waals surface area contributed by atoms with Crippen LogP contribution < -0.4 is 5.32 Å². The fraction of sp³-hybridized carbons (Fsp3) is 0.444. The fourth-order valence-electron chi connectivity index (χ4n) is 5.66. The maximum absolute atomic E-state index is 11.9. The summed E-state index contributed by atoms with van der Waals surface area (Å²) in [7, 11) is 0. The molecule has 0 aromatic carbocycles. The van der Waals surface area contributed by atoms with Crippen LogP contribution in [0.2, 0.25) is 0 Å². The average Bonchev–Trinajstić information content (AvgIpc) is 3.21. The van der Waals surface area contributed by atoms with Gasteiger partial charge in [0, 0.05) is 53.9 Å². The number of hydrogen-bond acceptors (Lipinski definition) is 7. The summed E-state index contributed by atoms with van der Waals surface area (Å²) in [6.07, 6.45) is 9.27. The minimum Gasteiger partial charge on any atom is -0.387 e. The number of rotatable bonds is 4. The molecule has 9 nitrogen and oxygen atoms in total. The Bertz CT molecular complexity index is 1460. The molecule has 2 aliphatic rings. The molecule has 36 heavy (non-hydrogen) atoms. The van der Waals surface area contributed by atoms with Gasteiger partial charge in [-0.15, -0.1) is 0 Å². The molecule has 186 valence electrons. The minimum atomic E-state index is -0.464. The summed E-state index contributed by atoms with van der Waals surface area (Å²) in [6.45, 7) is 4.92. The Balaban J connectivity index is 1.34. The van der Waals surface area contributed by atoms with Crippen molar-refractivity contribution < 1.29 is 9.90 Å². The van der Waals surface area contributed by atoms with Crippen LogP contribution in [0.4, 0.5) is 11.8 Å². The van der Waals surface area contributed by atoms with Crippen molar-refractivity contribution in [2.75, 3.05) is 18.5 Å². The molecule has 1 saturated carbocycles. The van der Waals surface area contributed by atoms with Crippen LogP contribution in [0.3, 0.4) is 0 Å². The van der Waals surface area contributed by atoms with Crippen molar-refractivity contribution >= 4 is 39.6 Å². The molecule has 2 N–H and O–H groups in total. The molecule has 9 heteroatoms. The molecular weight excluding hydrogens is 454 g/mol. The van der Waals surface area contributed by atoms with Crippen molar-refractivity contribution in [2.45, 2.75) is 58.5 Å². The summed E-state index contributed by atoms with van der Waals surface area (Å²) in [6, 6.07) is 6.41. The third-order valence-electron chi connectivity index (χ3n) is 7.69. The van der Waals surface area contributed by atoms with Crippen LogP contribution >= 0.6 is 0 Å². The molecule has 6 rings (SSSR count). The van der Waals surface area contributed by atoms with Crippen molar-refractivity contribution in [1.29, 1.82) is 0 Å². The lowest BCUT2D eigenvalue weighted by Crippen LogP contribution is -2.37. The van der Waals surface area contributed by atoms with Gasteiger partial charge < -0.3 is 19.9 Å². The van der Waals surface area contributed by atoms with E-state index in [0.29, 0.717) is 37.3 Å². The van der Waals surface area contributed by atoms with Crippen molar-refractivity contribution in [3.05, 3.63) is 47.5 Å². The predicted molar refractivity (Wildman–Crippen MR) is 138 cm³/mol. The number of pyridine rings is 2. The first-order valence-electron chi connectivity index (χ1n) is 12.8. The van der Waals surface area contributed by atoms with Gasteiger partial charge in [0.05, 0.1) is 11.7 Å². The van der Waals surface area contributed by atoms with Gasteiger partial charge in [0.25, 0.3) is 0 Å². The molecule has 5 heterocycles. The lowest BCUT2D eigenvalue weighted by molar-refractivity contribution is -0.135. The number of amides is 1. The van der Waals surface area contributed by atoms with Crippen molar-refractivity contribution in [3.63, 3.8) is 0 Å². The molecule has 0 saturated heterocycles. The molecule has 1 amide bonds. The van der Waals surface area contributed by atoms with E-state index in [1.165, 1.54) is 12.8 Å². The number of aromatic nitrogens is 5. The number of aliphatic hydroxyl groups excluding tert-OH is 1. The molecule has 0 spiro atoms. The molecule has 1 fully saturated rings. The van der Waals surface area contributed by atoms with Gasteiger partial charge >= 0.3 is 0 Å². The second kappa shape index (κ2) is 9.13. The average molecular weight is 486 g/mol. The Morgan fingerprint density at radius 2 is 1.94 bits per heavy atom.